The van der Waals surface area contributed by atoms with Gasteiger partial charge in [-0.25, -0.2) is 4.39 Å². The molecule has 1 amide bonds. The maximum absolute atomic E-state index is 12.9. The van der Waals surface area contributed by atoms with Crippen molar-refractivity contribution in [2.75, 3.05) is 5.32 Å². The van der Waals surface area contributed by atoms with Crippen LogP contribution in [0.4, 0.5) is 10.3 Å². The molecule has 0 saturated carbocycles. The molecule has 0 atom stereocenters. The number of nitrogens with one attached hydrogen (secondary N) is 2. The van der Waals surface area contributed by atoms with Crippen molar-refractivity contribution in [3.05, 3.63) is 64.9 Å². The van der Waals surface area contributed by atoms with Crippen molar-refractivity contribution in [1.29, 1.82) is 0 Å². The Hall–Kier alpha value is -2.73. The molecular formula is C17H14ClFN4O. The molecule has 1 aromatic heterocycles. The zero-order chi connectivity index (χ0) is 16.9. The maximum atomic E-state index is 12.9. The normalized spacial score (nSPS) is 10.6. The first-order chi connectivity index (χ1) is 11.6. The highest BCUT2D eigenvalue weighted by atomic mass is 35.5. The van der Waals surface area contributed by atoms with E-state index in [0.29, 0.717) is 29.3 Å². The fourth-order valence-electron chi connectivity index (χ4n) is 2.15. The van der Waals surface area contributed by atoms with E-state index in [0.717, 1.165) is 5.56 Å². The molecule has 0 saturated heterocycles. The lowest BCUT2D eigenvalue weighted by Gasteiger charge is -2.02. The Morgan fingerprint density at radius 1 is 1.12 bits per heavy atom. The van der Waals surface area contributed by atoms with Gasteiger partial charge in [-0.1, -0.05) is 23.7 Å². The van der Waals surface area contributed by atoms with E-state index in [1.165, 1.54) is 12.1 Å². The number of aromatic amines is 1. The molecule has 0 spiro atoms. The molecule has 0 aliphatic carbocycles. The molecule has 0 bridgehead atoms. The highest BCUT2D eigenvalue weighted by Gasteiger charge is 2.09. The highest BCUT2D eigenvalue weighted by Crippen LogP contribution is 2.16. The van der Waals surface area contributed by atoms with Gasteiger partial charge < -0.3 is 0 Å². The number of H-pyrrole nitrogens is 1. The molecule has 7 heteroatoms. The maximum Gasteiger partial charge on any atom is 0.249 e. The van der Waals surface area contributed by atoms with Gasteiger partial charge in [-0.15, -0.1) is 5.10 Å². The minimum atomic E-state index is -0.325. The Kier molecular flexibility index (Phi) is 4.86. The molecule has 3 aromatic rings. The van der Waals surface area contributed by atoms with E-state index < -0.39 is 0 Å². The van der Waals surface area contributed by atoms with E-state index in [-0.39, 0.29) is 17.7 Å². The number of aromatic nitrogens is 3. The van der Waals surface area contributed by atoms with Gasteiger partial charge >= 0.3 is 0 Å². The van der Waals surface area contributed by atoms with Gasteiger partial charge in [0.2, 0.25) is 11.9 Å². The second-order valence-electron chi connectivity index (χ2n) is 5.19. The average Bonchev–Trinajstić information content (AvgIpc) is 3.03. The first-order valence-corrected chi connectivity index (χ1v) is 7.70. The fourth-order valence-corrected chi connectivity index (χ4v) is 2.28. The number of amides is 1. The number of rotatable bonds is 5. The summed E-state index contributed by atoms with van der Waals surface area (Å²) >= 11 is 5.82. The summed E-state index contributed by atoms with van der Waals surface area (Å²) in [6.45, 7) is 0. The van der Waals surface area contributed by atoms with Gasteiger partial charge in [0.25, 0.3) is 0 Å². The van der Waals surface area contributed by atoms with E-state index >= 15 is 0 Å². The van der Waals surface area contributed by atoms with Gasteiger partial charge in [-0.2, -0.15) is 4.98 Å². The Labute approximate surface area is 142 Å². The standard InChI is InChI=1S/C17H14ClFN4O/c18-13-6-1-11(2-7-13)3-10-15(24)20-17-21-16(22-23-17)12-4-8-14(19)9-5-12/h1-2,4-9H,3,10H2,(H2,20,21,22,23,24). The van der Waals surface area contributed by atoms with Crippen LogP contribution in [0, 0.1) is 5.82 Å². The minimum Gasteiger partial charge on any atom is -0.293 e. The molecule has 2 N–H and O–H groups in total. The van der Waals surface area contributed by atoms with Gasteiger partial charge in [-0.05, 0) is 48.4 Å². The second-order valence-corrected chi connectivity index (χ2v) is 5.63. The zero-order valence-corrected chi connectivity index (χ0v) is 13.3. The quantitative estimate of drug-likeness (QED) is 0.738. The SMILES string of the molecule is O=C(CCc1ccc(Cl)cc1)Nc1n[nH]c(-c2ccc(F)cc2)n1. The molecule has 122 valence electrons. The first-order valence-electron chi connectivity index (χ1n) is 7.33. The van der Waals surface area contributed by atoms with Crippen LogP contribution < -0.4 is 5.32 Å². The summed E-state index contributed by atoms with van der Waals surface area (Å²) in [7, 11) is 0. The Balaban J connectivity index is 1.57. The predicted octanol–water partition coefficient (Wildman–Crippen LogP) is 3.84. The smallest absolute Gasteiger partial charge is 0.249 e. The summed E-state index contributed by atoms with van der Waals surface area (Å²) in [5.74, 6) is 0.141. The summed E-state index contributed by atoms with van der Waals surface area (Å²) in [5.41, 5.74) is 1.71. The Morgan fingerprint density at radius 2 is 1.83 bits per heavy atom. The van der Waals surface area contributed by atoms with Gasteiger partial charge in [0.05, 0.1) is 0 Å². The first kappa shape index (κ1) is 16.1. The van der Waals surface area contributed by atoms with Gasteiger partial charge in [0.1, 0.15) is 5.82 Å². The third-order valence-corrected chi connectivity index (χ3v) is 3.66. The summed E-state index contributed by atoms with van der Waals surface area (Å²) in [5, 5.41) is 9.95. The summed E-state index contributed by atoms with van der Waals surface area (Å²) in [6, 6.07) is 13.2. The Bertz CT molecular complexity index is 831. The van der Waals surface area contributed by atoms with Crippen LogP contribution in [0.25, 0.3) is 11.4 Å². The third kappa shape index (κ3) is 4.17. The van der Waals surface area contributed by atoms with E-state index in [9.17, 15) is 9.18 Å². The largest absolute Gasteiger partial charge is 0.293 e. The molecule has 0 fully saturated rings. The van der Waals surface area contributed by atoms with E-state index in [1.807, 2.05) is 12.1 Å². The number of hydrogen-bond acceptors (Lipinski definition) is 3. The van der Waals surface area contributed by atoms with Crippen LogP contribution in [-0.4, -0.2) is 21.1 Å². The van der Waals surface area contributed by atoms with Crippen molar-refractivity contribution in [1.82, 2.24) is 15.2 Å². The number of hydrogen-bond donors (Lipinski definition) is 2. The molecule has 0 aliphatic rings. The third-order valence-electron chi connectivity index (χ3n) is 3.41. The zero-order valence-electron chi connectivity index (χ0n) is 12.6. The van der Waals surface area contributed by atoms with Gasteiger partial charge in [-0.3, -0.25) is 15.2 Å². The molecule has 0 aliphatic heterocycles. The summed E-state index contributed by atoms with van der Waals surface area (Å²) < 4.78 is 12.9. The van der Waals surface area contributed by atoms with Crippen LogP contribution in [-0.2, 0) is 11.2 Å². The molecule has 1 heterocycles. The minimum absolute atomic E-state index is 0.186. The molecule has 24 heavy (non-hydrogen) atoms. The lowest BCUT2D eigenvalue weighted by atomic mass is 10.1. The molecule has 3 rings (SSSR count). The number of halogens is 2. The van der Waals surface area contributed by atoms with Crippen molar-refractivity contribution >= 4 is 23.5 Å². The van der Waals surface area contributed by atoms with Crippen molar-refractivity contribution in [3.8, 4) is 11.4 Å². The number of nitrogens with zero attached hydrogens (tertiary/aromatic N) is 2. The van der Waals surface area contributed by atoms with Crippen LogP contribution in [0.5, 0.6) is 0 Å². The number of carbonyl (C=O) groups is 1. The van der Waals surface area contributed by atoms with Gasteiger partial charge in [0, 0.05) is 17.0 Å². The summed E-state index contributed by atoms with van der Waals surface area (Å²) in [4.78, 5) is 16.1. The monoisotopic (exact) mass is 344 g/mol. The van der Waals surface area contributed by atoms with Crippen molar-refractivity contribution in [2.24, 2.45) is 0 Å². The molecular weight excluding hydrogens is 331 g/mol. The Morgan fingerprint density at radius 3 is 2.54 bits per heavy atom. The predicted molar refractivity (Wildman–Crippen MR) is 90.2 cm³/mol. The van der Waals surface area contributed by atoms with Crippen LogP contribution in [0.1, 0.15) is 12.0 Å². The van der Waals surface area contributed by atoms with E-state index in [4.69, 9.17) is 11.6 Å². The van der Waals surface area contributed by atoms with E-state index in [2.05, 4.69) is 20.5 Å². The fraction of sp³-hybridized carbons (Fsp3) is 0.118. The van der Waals surface area contributed by atoms with Crippen LogP contribution in [0.3, 0.4) is 0 Å². The van der Waals surface area contributed by atoms with Gasteiger partial charge in [0.15, 0.2) is 5.82 Å². The number of benzene rings is 2. The van der Waals surface area contributed by atoms with E-state index in [1.54, 1.807) is 24.3 Å². The number of carbonyl (C=O) groups excluding carboxylic acids is 1. The average molecular weight is 345 g/mol. The lowest BCUT2D eigenvalue weighted by molar-refractivity contribution is -0.116. The van der Waals surface area contributed by atoms with Crippen LogP contribution in [0.2, 0.25) is 5.02 Å². The molecule has 5 nitrogen and oxygen atoms in total. The van der Waals surface area contributed by atoms with Crippen LogP contribution >= 0.6 is 11.6 Å². The number of anilines is 1. The second kappa shape index (κ2) is 7.23. The summed E-state index contributed by atoms with van der Waals surface area (Å²) in [6.07, 6.45) is 0.903. The lowest BCUT2D eigenvalue weighted by Crippen LogP contribution is -2.13. The van der Waals surface area contributed by atoms with Crippen molar-refractivity contribution in [2.45, 2.75) is 12.8 Å². The topological polar surface area (TPSA) is 70.7 Å². The van der Waals surface area contributed by atoms with Crippen LogP contribution in [0.15, 0.2) is 48.5 Å². The van der Waals surface area contributed by atoms with Crippen molar-refractivity contribution < 1.29 is 9.18 Å². The molecule has 0 radical (unpaired) electrons. The molecule has 0 unspecified atom stereocenters. The van der Waals surface area contributed by atoms with Crippen molar-refractivity contribution in [3.63, 3.8) is 0 Å². The highest BCUT2D eigenvalue weighted by molar-refractivity contribution is 6.30. The molecule has 2 aromatic carbocycles. The number of aryl methyl sites for hydroxylation is 1.